The smallest absolute Gasteiger partial charge is 0.342 e. The monoisotopic (exact) mass is 261 g/mol. The van der Waals surface area contributed by atoms with Gasteiger partial charge in [-0.3, -0.25) is 4.79 Å². The van der Waals surface area contributed by atoms with Crippen LogP contribution in [0.2, 0.25) is 0 Å². The van der Waals surface area contributed by atoms with Crippen LogP contribution in [0.3, 0.4) is 0 Å². The molecule has 102 valence electrons. The summed E-state index contributed by atoms with van der Waals surface area (Å²) in [4.78, 5) is 13.6. The zero-order valence-corrected chi connectivity index (χ0v) is 10.2. The molecule has 18 heavy (non-hydrogen) atoms. The second-order valence-corrected chi connectivity index (χ2v) is 5.15. The summed E-state index contributed by atoms with van der Waals surface area (Å²) < 4.78 is 38.0. The lowest BCUT2D eigenvalue weighted by molar-refractivity contribution is -0.188. The molecule has 0 aromatic carbocycles. The van der Waals surface area contributed by atoms with Crippen LogP contribution in [0.1, 0.15) is 32.1 Å². The van der Waals surface area contributed by atoms with E-state index in [2.05, 4.69) is 0 Å². The molecule has 0 unspecified atom stereocenters. The number of piperidine rings is 1. The third-order valence-electron chi connectivity index (χ3n) is 3.81. The van der Waals surface area contributed by atoms with Crippen LogP contribution in [0.15, 0.2) is 12.2 Å². The number of hydrogen-bond acceptors (Lipinski definition) is 1. The molecule has 0 aromatic rings. The van der Waals surface area contributed by atoms with Crippen LogP contribution in [0.5, 0.6) is 0 Å². The van der Waals surface area contributed by atoms with Crippen molar-refractivity contribution in [3.63, 3.8) is 0 Å². The Balaban J connectivity index is 1.96. The molecule has 0 spiro atoms. The van der Waals surface area contributed by atoms with Crippen LogP contribution in [0, 0.1) is 11.8 Å². The molecule has 1 aliphatic heterocycles. The van der Waals surface area contributed by atoms with E-state index >= 15 is 0 Å². The Morgan fingerprint density at radius 2 is 2.00 bits per heavy atom. The highest BCUT2D eigenvalue weighted by atomic mass is 19.4. The number of halogens is 3. The van der Waals surface area contributed by atoms with E-state index in [9.17, 15) is 18.0 Å². The summed E-state index contributed by atoms with van der Waals surface area (Å²) in [5.74, 6) is -1.54. The van der Waals surface area contributed by atoms with E-state index in [0.29, 0.717) is 19.4 Å². The Labute approximate surface area is 105 Å². The summed E-state index contributed by atoms with van der Waals surface area (Å²) >= 11 is 0. The molecule has 1 fully saturated rings. The molecular formula is C13H18F3NO. The normalized spacial score (nSPS) is 29.4. The average molecular weight is 261 g/mol. The van der Waals surface area contributed by atoms with Gasteiger partial charge in [0.2, 0.25) is 5.91 Å². The molecule has 1 aliphatic carbocycles. The highest BCUT2D eigenvalue weighted by Crippen LogP contribution is 2.34. The Morgan fingerprint density at radius 3 is 2.61 bits per heavy atom. The minimum atomic E-state index is -4.18. The molecule has 2 rings (SSSR count). The quantitative estimate of drug-likeness (QED) is 0.664. The van der Waals surface area contributed by atoms with Gasteiger partial charge in [0.1, 0.15) is 0 Å². The van der Waals surface area contributed by atoms with Gasteiger partial charge in [-0.15, -0.1) is 0 Å². The van der Waals surface area contributed by atoms with E-state index in [1.807, 2.05) is 12.2 Å². The van der Waals surface area contributed by atoms with Crippen molar-refractivity contribution in [2.45, 2.75) is 38.3 Å². The number of alkyl halides is 3. The maximum absolute atomic E-state index is 12.7. The van der Waals surface area contributed by atoms with Gasteiger partial charge >= 0.3 is 6.18 Å². The fourth-order valence-electron chi connectivity index (χ4n) is 2.72. The Kier molecular flexibility index (Phi) is 3.97. The third kappa shape index (κ3) is 3.06. The fourth-order valence-corrected chi connectivity index (χ4v) is 2.72. The lowest BCUT2D eigenvalue weighted by atomic mass is 9.91. The van der Waals surface area contributed by atoms with Crippen LogP contribution in [0.4, 0.5) is 13.2 Å². The SMILES string of the molecule is O=C([C@@H]1CC=CCC1)N1CCC[C@H](C(F)(F)F)C1. The second kappa shape index (κ2) is 5.33. The zero-order chi connectivity index (χ0) is 13.2. The average Bonchev–Trinajstić information content (AvgIpc) is 2.38. The van der Waals surface area contributed by atoms with Gasteiger partial charge in [-0.25, -0.2) is 0 Å². The number of rotatable bonds is 1. The van der Waals surface area contributed by atoms with E-state index in [0.717, 1.165) is 12.8 Å². The molecule has 1 heterocycles. The van der Waals surface area contributed by atoms with Gasteiger partial charge in [0, 0.05) is 19.0 Å². The predicted molar refractivity (Wildman–Crippen MR) is 61.8 cm³/mol. The van der Waals surface area contributed by atoms with Crippen molar-refractivity contribution in [2.24, 2.45) is 11.8 Å². The minimum absolute atomic E-state index is 0.0895. The van der Waals surface area contributed by atoms with Crippen molar-refractivity contribution >= 4 is 5.91 Å². The first-order valence-corrected chi connectivity index (χ1v) is 6.49. The molecule has 2 aliphatic rings. The van der Waals surface area contributed by atoms with Gasteiger partial charge in [-0.05, 0) is 32.1 Å². The summed E-state index contributed by atoms with van der Waals surface area (Å²) in [6.07, 6.45) is 2.71. The largest absolute Gasteiger partial charge is 0.393 e. The number of allylic oxidation sites excluding steroid dienone is 2. The molecule has 1 saturated heterocycles. The zero-order valence-electron chi connectivity index (χ0n) is 10.2. The Bertz CT molecular complexity index is 338. The van der Waals surface area contributed by atoms with Crippen LogP contribution in [-0.4, -0.2) is 30.1 Å². The summed E-state index contributed by atoms with van der Waals surface area (Å²) in [7, 11) is 0. The highest BCUT2D eigenvalue weighted by Gasteiger charge is 2.43. The van der Waals surface area contributed by atoms with Crippen molar-refractivity contribution in [3.8, 4) is 0 Å². The summed E-state index contributed by atoms with van der Waals surface area (Å²) in [6, 6.07) is 0. The molecule has 0 aromatic heterocycles. The molecule has 1 amide bonds. The highest BCUT2D eigenvalue weighted by molar-refractivity contribution is 5.79. The van der Waals surface area contributed by atoms with Gasteiger partial charge in [0.15, 0.2) is 0 Å². The first-order chi connectivity index (χ1) is 8.48. The predicted octanol–water partition coefficient (Wildman–Crippen LogP) is 3.14. The molecular weight excluding hydrogens is 243 g/mol. The Morgan fingerprint density at radius 1 is 1.22 bits per heavy atom. The van der Waals surface area contributed by atoms with Crippen molar-refractivity contribution in [1.82, 2.24) is 4.90 Å². The van der Waals surface area contributed by atoms with E-state index in [1.54, 1.807) is 0 Å². The second-order valence-electron chi connectivity index (χ2n) is 5.15. The standard InChI is InChI=1S/C13H18F3NO/c14-13(15,16)11-7-4-8-17(9-11)12(18)10-5-2-1-3-6-10/h1-2,10-11H,3-9H2/t10-,11+/m1/s1. The number of amides is 1. The number of carbonyl (C=O) groups excluding carboxylic acids is 1. The Hall–Kier alpha value is -1.00. The van der Waals surface area contributed by atoms with E-state index in [-0.39, 0.29) is 24.8 Å². The minimum Gasteiger partial charge on any atom is -0.342 e. The molecule has 2 atom stereocenters. The molecule has 0 saturated carbocycles. The maximum atomic E-state index is 12.7. The maximum Gasteiger partial charge on any atom is 0.393 e. The van der Waals surface area contributed by atoms with Crippen molar-refractivity contribution < 1.29 is 18.0 Å². The molecule has 2 nitrogen and oxygen atoms in total. The first kappa shape index (κ1) is 13.4. The topological polar surface area (TPSA) is 20.3 Å². The summed E-state index contributed by atoms with van der Waals surface area (Å²) in [5.41, 5.74) is 0. The molecule has 5 heteroatoms. The molecule has 0 bridgehead atoms. The van der Waals surface area contributed by atoms with Gasteiger partial charge in [0.25, 0.3) is 0 Å². The summed E-state index contributed by atoms with van der Waals surface area (Å²) in [6.45, 7) is 0.328. The van der Waals surface area contributed by atoms with Crippen LogP contribution in [-0.2, 0) is 4.79 Å². The van der Waals surface area contributed by atoms with Gasteiger partial charge in [-0.1, -0.05) is 12.2 Å². The molecule has 0 N–H and O–H groups in total. The third-order valence-corrected chi connectivity index (χ3v) is 3.81. The number of nitrogens with zero attached hydrogens (tertiary/aromatic N) is 1. The van der Waals surface area contributed by atoms with Crippen molar-refractivity contribution in [1.29, 1.82) is 0 Å². The van der Waals surface area contributed by atoms with Gasteiger partial charge in [0.05, 0.1) is 5.92 Å². The van der Waals surface area contributed by atoms with E-state index < -0.39 is 12.1 Å². The molecule has 0 radical (unpaired) electrons. The number of hydrogen-bond donors (Lipinski definition) is 0. The van der Waals surface area contributed by atoms with Gasteiger partial charge < -0.3 is 4.90 Å². The van der Waals surface area contributed by atoms with E-state index in [4.69, 9.17) is 0 Å². The fraction of sp³-hybridized carbons (Fsp3) is 0.769. The number of carbonyl (C=O) groups is 1. The van der Waals surface area contributed by atoms with Crippen LogP contribution < -0.4 is 0 Å². The summed E-state index contributed by atoms with van der Waals surface area (Å²) in [5, 5.41) is 0. The van der Waals surface area contributed by atoms with Gasteiger partial charge in [-0.2, -0.15) is 13.2 Å². The lowest BCUT2D eigenvalue weighted by Gasteiger charge is -2.36. The lowest BCUT2D eigenvalue weighted by Crippen LogP contribution is -2.46. The van der Waals surface area contributed by atoms with Crippen molar-refractivity contribution in [2.75, 3.05) is 13.1 Å². The van der Waals surface area contributed by atoms with Crippen molar-refractivity contribution in [3.05, 3.63) is 12.2 Å². The number of likely N-dealkylation sites (tertiary alicyclic amines) is 1. The first-order valence-electron chi connectivity index (χ1n) is 6.49. The van der Waals surface area contributed by atoms with E-state index in [1.165, 1.54) is 4.90 Å². The van der Waals surface area contributed by atoms with Crippen LogP contribution >= 0.6 is 0 Å². The van der Waals surface area contributed by atoms with Crippen LogP contribution in [0.25, 0.3) is 0 Å².